The molecule has 6 heteroatoms. The van der Waals surface area contributed by atoms with Gasteiger partial charge in [0.2, 0.25) is 0 Å². The molecule has 0 radical (unpaired) electrons. The molecule has 0 saturated heterocycles. The van der Waals surface area contributed by atoms with Crippen LogP contribution in [0.15, 0.2) is 18.2 Å². The van der Waals surface area contributed by atoms with Crippen molar-refractivity contribution in [2.45, 2.75) is 6.43 Å². The molecule has 0 aromatic heterocycles. The number of carboxylic acids is 1. The summed E-state index contributed by atoms with van der Waals surface area (Å²) in [5, 5.41) is 17.3. The SMILES string of the molecule is O=C(O)C(=O)c1ccc(O)c(C(F)F)c1. The molecule has 0 amide bonds. The minimum absolute atomic E-state index is 0.393. The third-order valence-electron chi connectivity index (χ3n) is 1.72. The number of ketones is 1. The zero-order valence-corrected chi connectivity index (χ0v) is 7.28. The minimum atomic E-state index is -2.97. The van der Waals surface area contributed by atoms with Crippen molar-refractivity contribution in [1.82, 2.24) is 0 Å². The summed E-state index contributed by atoms with van der Waals surface area (Å²) in [7, 11) is 0. The van der Waals surface area contributed by atoms with Crippen molar-refractivity contribution in [3.8, 4) is 5.75 Å². The van der Waals surface area contributed by atoms with Crippen molar-refractivity contribution < 1.29 is 28.6 Å². The van der Waals surface area contributed by atoms with Gasteiger partial charge in [-0.25, -0.2) is 13.6 Å². The van der Waals surface area contributed by atoms with Gasteiger partial charge in [0, 0.05) is 5.56 Å². The number of carboxylic acid groups (broad SMARTS) is 1. The number of aromatic hydroxyl groups is 1. The van der Waals surface area contributed by atoms with Crippen molar-refractivity contribution >= 4 is 11.8 Å². The maximum absolute atomic E-state index is 12.3. The van der Waals surface area contributed by atoms with Crippen molar-refractivity contribution in [3.05, 3.63) is 29.3 Å². The van der Waals surface area contributed by atoms with E-state index in [4.69, 9.17) is 10.2 Å². The quantitative estimate of drug-likeness (QED) is 0.594. The van der Waals surface area contributed by atoms with Crippen LogP contribution in [0.2, 0.25) is 0 Å². The Kier molecular flexibility index (Phi) is 2.99. The van der Waals surface area contributed by atoms with E-state index in [9.17, 15) is 18.4 Å². The fraction of sp³-hybridized carbons (Fsp3) is 0.111. The summed E-state index contributed by atoms with van der Waals surface area (Å²) in [5.74, 6) is -3.70. The maximum atomic E-state index is 12.3. The molecular formula is C9H6F2O4. The Bertz CT molecular complexity index is 415. The zero-order chi connectivity index (χ0) is 11.6. The van der Waals surface area contributed by atoms with Crippen molar-refractivity contribution in [2.75, 3.05) is 0 Å². The van der Waals surface area contributed by atoms with Gasteiger partial charge in [0.1, 0.15) is 5.75 Å². The van der Waals surface area contributed by atoms with Gasteiger partial charge >= 0.3 is 5.97 Å². The first-order valence-corrected chi connectivity index (χ1v) is 3.82. The van der Waals surface area contributed by atoms with Crippen LogP contribution in [0.5, 0.6) is 5.75 Å². The largest absolute Gasteiger partial charge is 0.507 e. The molecule has 0 aliphatic carbocycles. The number of hydrogen-bond donors (Lipinski definition) is 2. The number of hydrogen-bond acceptors (Lipinski definition) is 3. The van der Waals surface area contributed by atoms with Gasteiger partial charge in [-0.2, -0.15) is 0 Å². The molecule has 4 nitrogen and oxygen atoms in total. The molecule has 0 aliphatic rings. The molecule has 0 unspecified atom stereocenters. The standard InChI is InChI=1S/C9H6F2O4/c10-8(11)5-3-4(1-2-6(5)12)7(13)9(14)15/h1-3,8,12H,(H,14,15). The van der Waals surface area contributed by atoms with Crippen LogP contribution < -0.4 is 0 Å². The predicted molar refractivity (Wildman–Crippen MR) is 45.0 cm³/mol. The van der Waals surface area contributed by atoms with Gasteiger partial charge in [0.25, 0.3) is 12.2 Å². The van der Waals surface area contributed by atoms with Crippen LogP contribution in [0.4, 0.5) is 8.78 Å². The van der Waals surface area contributed by atoms with E-state index in [2.05, 4.69) is 0 Å². The van der Waals surface area contributed by atoms with E-state index in [1.807, 2.05) is 0 Å². The average Bonchev–Trinajstić information content (AvgIpc) is 2.16. The van der Waals surface area contributed by atoms with Crippen LogP contribution in [0.1, 0.15) is 22.3 Å². The topological polar surface area (TPSA) is 74.6 Å². The van der Waals surface area contributed by atoms with E-state index in [-0.39, 0.29) is 0 Å². The summed E-state index contributed by atoms with van der Waals surface area (Å²) < 4.78 is 24.5. The molecule has 0 fully saturated rings. The van der Waals surface area contributed by atoms with E-state index in [0.717, 1.165) is 12.1 Å². The van der Waals surface area contributed by atoms with E-state index >= 15 is 0 Å². The van der Waals surface area contributed by atoms with Gasteiger partial charge in [0.05, 0.1) is 5.56 Å². The second-order valence-corrected chi connectivity index (χ2v) is 2.71. The number of aliphatic carboxylic acids is 1. The smallest absolute Gasteiger partial charge is 0.377 e. The van der Waals surface area contributed by atoms with E-state index < -0.39 is 35.1 Å². The first kappa shape index (κ1) is 11.1. The van der Waals surface area contributed by atoms with Gasteiger partial charge in [0.15, 0.2) is 0 Å². The van der Waals surface area contributed by atoms with Gasteiger partial charge in [-0.1, -0.05) is 0 Å². The minimum Gasteiger partial charge on any atom is -0.507 e. The van der Waals surface area contributed by atoms with Gasteiger partial charge < -0.3 is 10.2 Å². The number of alkyl halides is 2. The number of rotatable bonds is 3. The Morgan fingerprint density at radius 3 is 2.33 bits per heavy atom. The normalized spacial score (nSPS) is 10.3. The number of carbonyl (C=O) groups excluding carboxylic acids is 1. The van der Waals surface area contributed by atoms with Crippen LogP contribution in [0, 0.1) is 0 Å². The molecular weight excluding hydrogens is 210 g/mol. The summed E-state index contributed by atoms with van der Waals surface area (Å²) in [6.45, 7) is 0. The van der Waals surface area contributed by atoms with Crippen LogP contribution in [-0.4, -0.2) is 22.0 Å². The summed E-state index contributed by atoms with van der Waals surface area (Å²) in [4.78, 5) is 21.2. The lowest BCUT2D eigenvalue weighted by Crippen LogP contribution is -2.12. The highest BCUT2D eigenvalue weighted by molar-refractivity contribution is 6.39. The molecule has 0 spiro atoms. The lowest BCUT2D eigenvalue weighted by atomic mass is 10.1. The Hall–Kier alpha value is -1.98. The van der Waals surface area contributed by atoms with E-state index in [1.54, 1.807) is 0 Å². The Morgan fingerprint density at radius 1 is 1.27 bits per heavy atom. The van der Waals surface area contributed by atoms with E-state index in [1.165, 1.54) is 0 Å². The molecule has 15 heavy (non-hydrogen) atoms. The molecule has 0 aliphatic heterocycles. The monoisotopic (exact) mass is 216 g/mol. The third-order valence-corrected chi connectivity index (χ3v) is 1.72. The summed E-state index contributed by atoms with van der Waals surface area (Å²) in [6.07, 6.45) is -2.97. The molecule has 1 aromatic rings. The number of carbonyl (C=O) groups is 2. The maximum Gasteiger partial charge on any atom is 0.377 e. The fourth-order valence-corrected chi connectivity index (χ4v) is 0.994. The molecule has 1 rings (SSSR count). The fourth-order valence-electron chi connectivity index (χ4n) is 0.994. The molecule has 2 N–H and O–H groups in total. The molecule has 0 saturated carbocycles. The second-order valence-electron chi connectivity index (χ2n) is 2.71. The zero-order valence-electron chi connectivity index (χ0n) is 7.28. The van der Waals surface area contributed by atoms with Crippen LogP contribution in [0.25, 0.3) is 0 Å². The second kappa shape index (κ2) is 4.04. The number of phenols is 1. The number of phenolic OH excluding ortho intramolecular Hbond substituents is 1. The third kappa shape index (κ3) is 2.28. The van der Waals surface area contributed by atoms with Gasteiger partial charge in [-0.05, 0) is 18.2 Å². The van der Waals surface area contributed by atoms with Gasteiger partial charge in [-0.3, -0.25) is 4.79 Å². The summed E-state index contributed by atoms with van der Waals surface area (Å²) in [5.41, 5.74) is -1.15. The highest BCUT2D eigenvalue weighted by atomic mass is 19.3. The molecule has 1 aromatic carbocycles. The average molecular weight is 216 g/mol. The highest BCUT2D eigenvalue weighted by Crippen LogP contribution is 2.28. The van der Waals surface area contributed by atoms with Crippen molar-refractivity contribution in [3.63, 3.8) is 0 Å². The summed E-state index contributed by atoms with van der Waals surface area (Å²) in [6, 6.07) is 2.49. The van der Waals surface area contributed by atoms with Crippen molar-refractivity contribution in [1.29, 1.82) is 0 Å². The number of benzene rings is 1. The Labute approximate surface area is 82.8 Å². The molecule has 0 atom stereocenters. The van der Waals surface area contributed by atoms with Gasteiger partial charge in [-0.15, -0.1) is 0 Å². The van der Waals surface area contributed by atoms with Crippen LogP contribution >= 0.6 is 0 Å². The predicted octanol–water partition coefficient (Wildman–Crippen LogP) is 1.60. The first-order chi connectivity index (χ1) is 6.93. The number of Topliss-reactive ketones (excluding diaryl/α,β-unsaturated/α-hetero) is 1. The van der Waals surface area contributed by atoms with Crippen LogP contribution in [-0.2, 0) is 4.79 Å². The molecule has 0 bridgehead atoms. The highest BCUT2D eigenvalue weighted by Gasteiger charge is 2.19. The first-order valence-electron chi connectivity index (χ1n) is 3.82. The lowest BCUT2D eigenvalue weighted by molar-refractivity contribution is -0.131. The molecule has 0 heterocycles. The Morgan fingerprint density at radius 2 is 1.87 bits per heavy atom. The molecule has 80 valence electrons. The Balaban J connectivity index is 3.19. The summed E-state index contributed by atoms with van der Waals surface area (Å²) >= 11 is 0. The van der Waals surface area contributed by atoms with Crippen molar-refractivity contribution in [2.24, 2.45) is 0 Å². The lowest BCUT2D eigenvalue weighted by Gasteiger charge is -2.04. The van der Waals surface area contributed by atoms with Crippen LogP contribution in [0.3, 0.4) is 0 Å². The van der Waals surface area contributed by atoms with E-state index in [0.29, 0.717) is 6.07 Å². The number of halogens is 2.